The van der Waals surface area contributed by atoms with Gasteiger partial charge in [0.2, 0.25) is 0 Å². The average molecular weight is 345 g/mol. The number of benzene rings is 1. The highest BCUT2D eigenvalue weighted by atomic mass is 32.2. The Labute approximate surface area is 146 Å². The molecule has 128 valence electrons. The topological polar surface area (TPSA) is 57.0 Å². The highest BCUT2D eigenvalue weighted by Crippen LogP contribution is 2.33. The molecule has 0 atom stereocenters. The molecule has 0 saturated heterocycles. The molecule has 24 heavy (non-hydrogen) atoms. The zero-order chi connectivity index (χ0) is 16.8. The highest BCUT2D eigenvalue weighted by Gasteiger charge is 2.24. The monoisotopic (exact) mass is 345 g/mol. The normalized spacial score (nSPS) is 15.4. The van der Waals surface area contributed by atoms with Crippen molar-refractivity contribution in [1.29, 1.82) is 0 Å². The molecular formula is C18H23N3O2S. The molecule has 6 heteroatoms. The number of esters is 1. The Bertz CT molecular complexity index is 666. The first kappa shape index (κ1) is 17.0. The van der Waals surface area contributed by atoms with Crippen molar-refractivity contribution in [2.75, 3.05) is 12.9 Å². The van der Waals surface area contributed by atoms with Crippen LogP contribution in [0, 0.1) is 0 Å². The summed E-state index contributed by atoms with van der Waals surface area (Å²) in [6, 6.07) is 10.3. The molecule has 0 aliphatic heterocycles. The van der Waals surface area contributed by atoms with Crippen LogP contribution in [0.2, 0.25) is 0 Å². The molecule has 1 fully saturated rings. The van der Waals surface area contributed by atoms with Crippen LogP contribution in [0.15, 0.2) is 35.5 Å². The third-order valence-electron chi connectivity index (χ3n) is 4.45. The molecule has 1 aromatic carbocycles. The summed E-state index contributed by atoms with van der Waals surface area (Å²) in [5.41, 5.74) is 1.22. The van der Waals surface area contributed by atoms with E-state index in [1.165, 1.54) is 56.5 Å². The van der Waals surface area contributed by atoms with Crippen LogP contribution in [-0.4, -0.2) is 33.6 Å². The molecule has 1 aliphatic rings. The minimum atomic E-state index is -0.242. The van der Waals surface area contributed by atoms with Gasteiger partial charge in [0.15, 0.2) is 5.16 Å². The minimum absolute atomic E-state index is 0.242. The van der Waals surface area contributed by atoms with Gasteiger partial charge in [0, 0.05) is 5.92 Å². The van der Waals surface area contributed by atoms with Gasteiger partial charge in [-0.3, -0.25) is 4.79 Å². The predicted octanol–water partition coefficient (Wildman–Crippen LogP) is 3.64. The molecule has 0 amide bonds. The van der Waals surface area contributed by atoms with Gasteiger partial charge in [-0.1, -0.05) is 61.4 Å². The minimum Gasteiger partial charge on any atom is -0.468 e. The van der Waals surface area contributed by atoms with E-state index in [-0.39, 0.29) is 11.7 Å². The van der Waals surface area contributed by atoms with Gasteiger partial charge in [0.25, 0.3) is 0 Å². The number of rotatable bonds is 6. The van der Waals surface area contributed by atoms with Gasteiger partial charge in [-0.25, -0.2) is 0 Å². The number of carbonyl (C=O) groups excluding carboxylic acids is 1. The molecule has 2 aromatic rings. The van der Waals surface area contributed by atoms with E-state index >= 15 is 0 Å². The van der Waals surface area contributed by atoms with Gasteiger partial charge >= 0.3 is 5.97 Å². The first-order chi connectivity index (χ1) is 11.8. The lowest BCUT2D eigenvalue weighted by Crippen LogP contribution is -2.14. The zero-order valence-electron chi connectivity index (χ0n) is 14.0. The quantitative estimate of drug-likeness (QED) is 0.591. The molecular weight excluding hydrogens is 322 g/mol. The van der Waals surface area contributed by atoms with E-state index in [1.54, 1.807) is 0 Å². The standard InChI is InChI=1S/C18H23N3O2S/c1-23-16(22)13-24-18-20-19-17(15-10-6-3-7-11-15)21(18)12-14-8-4-2-5-9-14/h2,4-5,8-9,15H,3,6-7,10-13H2,1H3. The molecule has 0 bridgehead atoms. The number of hydrogen-bond acceptors (Lipinski definition) is 5. The fourth-order valence-corrected chi connectivity index (χ4v) is 3.94. The summed E-state index contributed by atoms with van der Waals surface area (Å²) < 4.78 is 6.92. The molecule has 0 N–H and O–H groups in total. The third kappa shape index (κ3) is 4.17. The summed E-state index contributed by atoms with van der Waals surface area (Å²) in [5, 5.41) is 9.64. The number of thioether (sulfide) groups is 1. The van der Waals surface area contributed by atoms with Crippen LogP contribution in [-0.2, 0) is 16.1 Å². The second-order valence-electron chi connectivity index (χ2n) is 6.11. The lowest BCUT2D eigenvalue weighted by atomic mass is 9.88. The second-order valence-corrected chi connectivity index (χ2v) is 7.05. The number of methoxy groups -OCH3 is 1. The van der Waals surface area contributed by atoms with Crippen LogP contribution >= 0.6 is 11.8 Å². The smallest absolute Gasteiger partial charge is 0.316 e. The maximum absolute atomic E-state index is 11.5. The largest absolute Gasteiger partial charge is 0.468 e. The van der Waals surface area contributed by atoms with Gasteiger partial charge < -0.3 is 9.30 Å². The third-order valence-corrected chi connectivity index (χ3v) is 5.39. The predicted molar refractivity (Wildman–Crippen MR) is 94.1 cm³/mol. The Balaban J connectivity index is 1.84. The van der Waals surface area contributed by atoms with Crippen LogP contribution < -0.4 is 0 Å². The Morgan fingerprint density at radius 1 is 1.21 bits per heavy atom. The Morgan fingerprint density at radius 3 is 2.67 bits per heavy atom. The van der Waals surface area contributed by atoms with Crippen LogP contribution in [0.1, 0.15) is 49.4 Å². The molecule has 0 unspecified atom stereocenters. The molecule has 1 heterocycles. The molecule has 5 nitrogen and oxygen atoms in total. The van der Waals surface area contributed by atoms with E-state index in [9.17, 15) is 4.79 Å². The van der Waals surface area contributed by atoms with Crippen molar-refractivity contribution < 1.29 is 9.53 Å². The summed E-state index contributed by atoms with van der Waals surface area (Å²) in [7, 11) is 1.41. The summed E-state index contributed by atoms with van der Waals surface area (Å²) in [6.45, 7) is 0.739. The fourth-order valence-electron chi connectivity index (χ4n) is 3.17. The van der Waals surface area contributed by atoms with Crippen molar-refractivity contribution in [3.8, 4) is 0 Å². The number of ether oxygens (including phenoxy) is 1. The van der Waals surface area contributed by atoms with Crippen molar-refractivity contribution in [2.45, 2.75) is 49.7 Å². The van der Waals surface area contributed by atoms with Crippen molar-refractivity contribution >= 4 is 17.7 Å². The number of aromatic nitrogens is 3. The summed E-state index contributed by atoms with van der Waals surface area (Å²) in [4.78, 5) is 11.5. The van der Waals surface area contributed by atoms with E-state index in [0.29, 0.717) is 5.92 Å². The van der Waals surface area contributed by atoms with E-state index in [4.69, 9.17) is 4.74 Å². The van der Waals surface area contributed by atoms with E-state index in [2.05, 4.69) is 26.9 Å². The molecule has 1 saturated carbocycles. The number of hydrogen-bond donors (Lipinski definition) is 0. The maximum Gasteiger partial charge on any atom is 0.316 e. The van der Waals surface area contributed by atoms with Gasteiger partial charge in [-0.2, -0.15) is 0 Å². The fraction of sp³-hybridized carbons (Fsp3) is 0.500. The van der Waals surface area contributed by atoms with Crippen LogP contribution in [0.3, 0.4) is 0 Å². The first-order valence-electron chi connectivity index (χ1n) is 8.44. The van der Waals surface area contributed by atoms with Gasteiger partial charge in [0.1, 0.15) is 5.82 Å². The summed E-state index contributed by atoms with van der Waals surface area (Å²) in [6.07, 6.45) is 6.18. The molecule has 3 rings (SSSR count). The first-order valence-corrected chi connectivity index (χ1v) is 9.43. The molecule has 1 aliphatic carbocycles. The Hall–Kier alpha value is -1.82. The summed E-state index contributed by atoms with van der Waals surface area (Å²) >= 11 is 1.40. The number of carbonyl (C=O) groups is 1. The molecule has 1 aromatic heterocycles. The van der Waals surface area contributed by atoms with Gasteiger partial charge in [0.05, 0.1) is 19.4 Å². The summed E-state index contributed by atoms with van der Waals surface area (Å²) in [5.74, 6) is 1.55. The van der Waals surface area contributed by atoms with Crippen LogP contribution in [0.4, 0.5) is 0 Å². The zero-order valence-corrected chi connectivity index (χ0v) is 14.8. The Kier molecular flexibility index (Phi) is 5.91. The van der Waals surface area contributed by atoms with Gasteiger partial charge in [-0.15, -0.1) is 10.2 Å². The second kappa shape index (κ2) is 8.33. The van der Waals surface area contributed by atoms with E-state index < -0.39 is 0 Å². The molecule has 0 spiro atoms. The van der Waals surface area contributed by atoms with Crippen LogP contribution in [0.25, 0.3) is 0 Å². The SMILES string of the molecule is COC(=O)CSc1nnc(C2CCCCC2)n1Cc1ccccc1. The maximum atomic E-state index is 11.5. The number of nitrogens with zero attached hydrogens (tertiary/aromatic N) is 3. The Morgan fingerprint density at radius 2 is 1.96 bits per heavy atom. The van der Waals surface area contributed by atoms with Crippen LogP contribution in [0.5, 0.6) is 0 Å². The average Bonchev–Trinajstić information content (AvgIpc) is 3.04. The lowest BCUT2D eigenvalue weighted by Gasteiger charge is -2.22. The van der Waals surface area contributed by atoms with Crippen molar-refractivity contribution in [2.24, 2.45) is 0 Å². The van der Waals surface area contributed by atoms with E-state index in [0.717, 1.165) is 17.5 Å². The van der Waals surface area contributed by atoms with Crippen molar-refractivity contribution in [3.05, 3.63) is 41.7 Å². The van der Waals surface area contributed by atoms with E-state index in [1.807, 2.05) is 18.2 Å². The van der Waals surface area contributed by atoms with Gasteiger partial charge in [-0.05, 0) is 18.4 Å². The molecule has 0 radical (unpaired) electrons. The van der Waals surface area contributed by atoms with Crippen molar-refractivity contribution in [3.63, 3.8) is 0 Å². The lowest BCUT2D eigenvalue weighted by molar-refractivity contribution is -0.137. The van der Waals surface area contributed by atoms with Crippen molar-refractivity contribution in [1.82, 2.24) is 14.8 Å². The highest BCUT2D eigenvalue weighted by molar-refractivity contribution is 7.99.